The van der Waals surface area contributed by atoms with Crippen molar-refractivity contribution >= 4 is 50.7 Å². The fourth-order valence-corrected chi connectivity index (χ4v) is 4.99. The third kappa shape index (κ3) is 5.91. The molecular formula is C26H21BrClF6N3O2. The van der Waals surface area contributed by atoms with Gasteiger partial charge in [-0.05, 0) is 58.7 Å². The van der Waals surface area contributed by atoms with Gasteiger partial charge in [0.25, 0.3) is 17.5 Å². The minimum atomic E-state index is -5.57. The van der Waals surface area contributed by atoms with Gasteiger partial charge in [-0.1, -0.05) is 24.6 Å². The molecule has 2 aromatic carbocycles. The van der Waals surface area contributed by atoms with Crippen molar-refractivity contribution in [3.63, 3.8) is 0 Å². The molecule has 5 nitrogen and oxygen atoms in total. The van der Waals surface area contributed by atoms with Crippen molar-refractivity contribution in [2.24, 2.45) is 0 Å². The van der Waals surface area contributed by atoms with Gasteiger partial charge in [-0.3, -0.25) is 14.6 Å². The summed E-state index contributed by atoms with van der Waals surface area (Å²) in [6.45, 7) is -0.492. The molecule has 1 atom stereocenters. The normalized spacial score (nSPS) is 13.1. The SMILES string of the molecule is CCCN(C(=O)c1cccnc1)c1cccc(C(=O)N(C)c2c(Cl)cc(C(F)(CF)C(F)(F)F)cc2Br)c1F. The Morgan fingerprint density at radius 3 is 2.31 bits per heavy atom. The second-order valence-corrected chi connectivity index (χ2v) is 9.68. The molecule has 0 spiro atoms. The van der Waals surface area contributed by atoms with E-state index >= 15 is 4.39 Å². The quantitative estimate of drug-likeness (QED) is 0.239. The molecule has 0 radical (unpaired) electrons. The highest BCUT2D eigenvalue weighted by Gasteiger charge is 2.58. The Labute approximate surface area is 233 Å². The lowest BCUT2D eigenvalue weighted by Gasteiger charge is -2.28. The second-order valence-electron chi connectivity index (χ2n) is 8.42. The van der Waals surface area contributed by atoms with Crippen LogP contribution in [0.2, 0.25) is 5.02 Å². The molecule has 1 aromatic heterocycles. The average Bonchev–Trinajstić information content (AvgIpc) is 2.90. The maximum atomic E-state index is 15.7. The number of aromatic nitrogens is 1. The number of alkyl halides is 5. The van der Waals surface area contributed by atoms with Gasteiger partial charge in [-0.25, -0.2) is 13.2 Å². The first-order chi connectivity index (χ1) is 18.3. The summed E-state index contributed by atoms with van der Waals surface area (Å²) >= 11 is 9.08. The monoisotopic (exact) mass is 635 g/mol. The third-order valence-electron chi connectivity index (χ3n) is 5.85. The predicted octanol–water partition coefficient (Wildman–Crippen LogP) is 7.67. The van der Waals surface area contributed by atoms with Crippen molar-refractivity contribution in [3.05, 3.63) is 86.9 Å². The topological polar surface area (TPSA) is 53.5 Å². The third-order valence-corrected chi connectivity index (χ3v) is 6.74. The average molecular weight is 637 g/mol. The van der Waals surface area contributed by atoms with E-state index in [1.54, 1.807) is 13.0 Å². The summed E-state index contributed by atoms with van der Waals surface area (Å²) in [5, 5.41) is -0.522. The molecule has 0 N–H and O–H groups in total. The number of carbonyl (C=O) groups excluding carboxylic acids is 2. The van der Waals surface area contributed by atoms with Crippen molar-refractivity contribution in [2.75, 3.05) is 30.1 Å². The number of hydrogen-bond donors (Lipinski definition) is 0. The zero-order valence-corrected chi connectivity index (χ0v) is 22.8. The summed E-state index contributed by atoms with van der Waals surface area (Å²) in [6.07, 6.45) is -2.32. The van der Waals surface area contributed by atoms with E-state index in [1.165, 1.54) is 37.6 Å². The zero-order chi connectivity index (χ0) is 29.1. The van der Waals surface area contributed by atoms with Gasteiger partial charge < -0.3 is 9.80 Å². The number of amides is 2. The molecule has 0 fully saturated rings. The fourth-order valence-electron chi connectivity index (χ4n) is 3.81. The fraction of sp³-hybridized carbons (Fsp3) is 0.269. The van der Waals surface area contributed by atoms with Crippen LogP contribution in [0, 0.1) is 5.82 Å². The van der Waals surface area contributed by atoms with Crippen LogP contribution in [0.1, 0.15) is 39.6 Å². The first-order valence-corrected chi connectivity index (χ1v) is 12.5. The summed E-state index contributed by atoms with van der Waals surface area (Å²) in [5.74, 6) is -2.54. The molecule has 13 heteroatoms. The molecule has 208 valence electrons. The Balaban J connectivity index is 2.02. The van der Waals surface area contributed by atoms with E-state index in [0.29, 0.717) is 18.6 Å². The molecule has 1 unspecified atom stereocenters. The Morgan fingerprint density at radius 2 is 1.77 bits per heavy atom. The predicted molar refractivity (Wildman–Crippen MR) is 139 cm³/mol. The summed E-state index contributed by atoms with van der Waals surface area (Å²) < 4.78 is 82.8. The number of anilines is 2. The Hall–Kier alpha value is -3.12. The Kier molecular flexibility index (Phi) is 9.32. The summed E-state index contributed by atoms with van der Waals surface area (Å²) in [4.78, 5) is 32.3. The van der Waals surface area contributed by atoms with Gasteiger partial charge in [0.05, 0.1) is 27.5 Å². The van der Waals surface area contributed by atoms with Crippen molar-refractivity contribution < 1.29 is 35.9 Å². The van der Waals surface area contributed by atoms with Crippen molar-refractivity contribution in [3.8, 4) is 0 Å². The molecule has 3 aromatic rings. The van der Waals surface area contributed by atoms with E-state index in [0.717, 1.165) is 15.9 Å². The van der Waals surface area contributed by atoms with E-state index in [4.69, 9.17) is 11.6 Å². The number of hydrogen-bond acceptors (Lipinski definition) is 3. The molecule has 0 aliphatic heterocycles. The first-order valence-electron chi connectivity index (χ1n) is 11.4. The van der Waals surface area contributed by atoms with Gasteiger partial charge in [0.2, 0.25) is 0 Å². The minimum Gasteiger partial charge on any atom is -0.309 e. The molecule has 1 heterocycles. The standard InChI is InChI=1S/C26H21BrClF6N3O2/c1-3-10-37(23(38)15-6-5-9-35-13-15)20-8-4-7-17(21(20)30)24(39)36(2)22-18(27)11-16(12-19(22)28)25(31,14-29)26(32,33)34/h4-9,11-13H,3,10,14H2,1-2H3. The van der Waals surface area contributed by atoms with Gasteiger partial charge in [-0.2, -0.15) is 13.2 Å². The smallest absolute Gasteiger partial charge is 0.309 e. The van der Waals surface area contributed by atoms with Gasteiger partial charge in [0.1, 0.15) is 6.67 Å². The summed E-state index contributed by atoms with van der Waals surface area (Å²) in [5.41, 5.74) is -6.11. The molecule has 0 aliphatic rings. The van der Waals surface area contributed by atoms with Crippen molar-refractivity contribution in [2.45, 2.75) is 25.2 Å². The van der Waals surface area contributed by atoms with Gasteiger partial charge in [-0.15, -0.1) is 0 Å². The van der Waals surface area contributed by atoms with Crippen molar-refractivity contribution in [1.82, 2.24) is 4.98 Å². The van der Waals surface area contributed by atoms with Crippen LogP contribution in [-0.2, 0) is 5.67 Å². The number of pyridine rings is 1. The zero-order valence-electron chi connectivity index (χ0n) is 20.5. The van der Waals surface area contributed by atoms with Gasteiger partial charge in [0, 0.05) is 36.0 Å². The first kappa shape index (κ1) is 30.4. The molecule has 39 heavy (non-hydrogen) atoms. The lowest BCUT2D eigenvalue weighted by atomic mass is 9.96. The second kappa shape index (κ2) is 12.0. The number of carbonyl (C=O) groups is 2. The van der Waals surface area contributed by atoms with Crippen LogP contribution < -0.4 is 9.80 Å². The Morgan fingerprint density at radius 1 is 1.08 bits per heavy atom. The van der Waals surface area contributed by atoms with Gasteiger partial charge >= 0.3 is 6.18 Å². The molecule has 2 amide bonds. The molecular weight excluding hydrogens is 616 g/mol. The van der Waals surface area contributed by atoms with Crippen LogP contribution in [0.25, 0.3) is 0 Å². The van der Waals surface area contributed by atoms with E-state index in [1.807, 2.05) is 0 Å². The molecule has 0 saturated heterocycles. The highest BCUT2D eigenvalue weighted by molar-refractivity contribution is 9.10. The number of halogens is 8. The van der Waals surface area contributed by atoms with Crippen LogP contribution in [0.5, 0.6) is 0 Å². The lowest BCUT2D eigenvalue weighted by Crippen LogP contribution is -2.40. The van der Waals surface area contributed by atoms with Gasteiger partial charge in [0.15, 0.2) is 5.82 Å². The molecule has 0 bridgehead atoms. The van der Waals surface area contributed by atoms with Crippen LogP contribution in [0.3, 0.4) is 0 Å². The van der Waals surface area contributed by atoms with E-state index in [2.05, 4.69) is 20.9 Å². The summed E-state index contributed by atoms with van der Waals surface area (Å²) in [6, 6.07) is 8.11. The number of rotatable bonds is 8. The Bertz CT molecular complexity index is 1350. The van der Waals surface area contributed by atoms with Crippen LogP contribution in [0.15, 0.2) is 59.3 Å². The van der Waals surface area contributed by atoms with E-state index < -0.39 is 52.3 Å². The number of nitrogens with zero attached hydrogens (tertiary/aromatic N) is 3. The lowest BCUT2D eigenvalue weighted by molar-refractivity contribution is -0.240. The highest BCUT2D eigenvalue weighted by atomic mass is 79.9. The number of benzene rings is 2. The van der Waals surface area contributed by atoms with Crippen LogP contribution >= 0.6 is 27.5 Å². The van der Waals surface area contributed by atoms with E-state index in [9.17, 15) is 31.5 Å². The van der Waals surface area contributed by atoms with E-state index in [-0.39, 0.29) is 28.0 Å². The molecule has 0 aliphatic carbocycles. The minimum absolute atomic E-state index is 0.121. The molecule has 3 rings (SSSR count). The maximum absolute atomic E-state index is 15.7. The van der Waals surface area contributed by atoms with Crippen LogP contribution in [0.4, 0.5) is 37.7 Å². The van der Waals surface area contributed by atoms with Crippen LogP contribution in [-0.4, -0.2) is 43.2 Å². The molecule has 0 saturated carbocycles. The summed E-state index contributed by atoms with van der Waals surface area (Å²) in [7, 11) is 1.17. The maximum Gasteiger partial charge on any atom is 0.429 e. The highest BCUT2D eigenvalue weighted by Crippen LogP contribution is 2.46. The largest absolute Gasteiger partial charge is 0.429 e. The van der Waals surface area contributed by atoms with Crippen molar-refractivity contribution in [1.29, 1.82) is 0 Å².